The van der Waals surface area contributed by atoms with E-state index in [1.807, 2.05) is 13.8 Å². The maximum Gasteiger partial charge on any atom is 0.321 e. The second-order valence-corrected chi connectivity index (χ2v) is 8.52. The van der Waals surface area contributed by atoms with Crippen LogP contribution >= 0.6 is 0 Å². The molecule has 1 saturated heterocycles. The summed E-state index contributed by atoms with van der Waals surface area (Å²) in [6.07, 6.45) is 2.52. The fraction of sp³-hybridized carbons (Fsp3) is 0.591. The summed E-state index contributed by atoms with van der Waals surface area (Å²) in [7, 11) is 0. The largest absolute Gasteiger partial charge is 0.354 e. The molecule has 166 valence electrons. The van der Waals surface area contributed by atoms with Gasteiger partial charge in [0, 0.05) is 37.1 Å². The highest BCUT2D eigenvalue weighted by atomic mass is 16.2. The number of nitrogens with zero attached hydrogens (tertiary/aromatic N) is 1. The molecule has 5 amide bonds. The van der Waals surface area contributed by atoms with Gasteiger partial charge < -0.3 is 26.2 Å². The third-order valence-corrected chi connectivity index (χ3v) is 4.91. The van der Waals surface area contributed by atoms with Crippen LogP contribution in [-0.2, 0) is 4.79 Å². The summed E-state index contributed by atoms with van der Waals surface area (Å²) in [4.78, 5) is 38.4. The summed E-state index contributed by atoms with van der Waals surface area (Å²) in [5.74, 6) is 0.366. The zero-order valence-electron chi connectivity index (χ0n) is 18.5. The highest BCUT2D eigenvalue weighted by Gasteiger charge is 2.28. The molecule has 8 heteroatoms. The molecule has 1 aliphatic rings. The van der Waals surface area contributed by atoms with Crippen LogP contribution in [0.25, 0.3) is 0 Å². The van der Waals surface area contributed by atoms with Gasteiger partial charge in [-0.2, -0.15) is 0 Å². The van der Waals surface area contributed by atoms with Gasteiger partial charge in [0.15, 0.2) is 0 Å². The van der Waals surface area contributed by atoms with Crippen molar-refractivity contribution in [2.75, 3.05) is 30.3 Å². The molecule has 0 spiro atoms. The fourth-order valence-corrected chi connectivity index (χ4v) is 3.27. The summed E-state index contributed by atoms with van der Waals surface area (Å²) in [5.41, 5.74) is 1.29. The van der Waals surface area contributed by atoms with Gasteiger partial charge >= 0.3 is 12.1 Å². The van der Waals surface area contributed by atoms with Crippen molar-refractivity contribution in [2.24, 2.45) is 11.8 Å². The van der Waals surface area contributed by atoms with Gasteiger partial charge in [0.1, 0.15) is 0 Å². The van der Waals surface area contributed by atoms with E-state index in [9.17, 15) is 14.4 Å². The molecule has 0 bridgehead atoms. The van der Waals surface area contributed by atoms with Crippen LogP contribution in [0, 0.1) is 11.8 Å². The number of benzene rings is 1. The molecule has 0 saturated carbocycles. The van der Waals surface area contributed by atoms with Gasteiger partial charge in [0.05, 0.1) is 5.92 Å². The molecule has 1 fully saturated rings. The predicted octanol–water partition coefficient (Wildman–Crippen LogP) is 3.62. The molecule has 4 N–H and O–H groups in total. The number of nitrogens with one attached hydrogen (secondary N) is 4. The monoisotopic (exact) mass is 417 g/mol. The third-order valence-electron chi connectivity index (χ3n) is 4.91. The Morgan fingerprint density at radius 3 is 2.27 bits per heavy atom. The number of piperidine rings is 1. The number of carbonyl (C=O) groups is 3. The van der Waals surface area contributed by atoms with Crippen molar-refractivity contribution in [2.45, 2.75) is 53.0 Å². The first-order valence-electron chi connectivity index (χ1n) is 10.8. The Balaban J connectivity index is 1.82. The van der Waals surface area contributed by atoms with Crippen molar-refractivity contribution in [1.82, 2.24) is 15.5 Å². The van der Waals surface area contributed by atoms with Crippen LogP contribution in [0.5, 0.6) is 0 Å². The molecule has 1 unspecified atom stereocenters. The number of carbonyl (C=O) groups excluding carboxylic acids is 3. The average Bonchev–Trinajstić information content (AvgIpc) is 2.68. The van der Waals surface area contributed by atoms with E-state index in [-0.39, 0.29) is 29.9 Å². The van der Waals surface area contributed by atoms with Crippen molar-refractivity contribution in [1.29, 1.82) is 0 Å². The van der Waals surface area contributed by atoms with Gasteiger partial charge in [0.2, 0.25) is 5.91 Å². The third kappa shape index (κ3) is 7.93. The predicted molar refractivity (Wildman–Crippen MR) is 120 cm³/mol. The minimum atomic E-state index is -0.244. The SMILES string of the molecule is CC(C)CCNC(=O)Nc1ccc(NC(=O)N2CCCC(C(=O)NC(C)C)C2)cc1. The number of hydrogen-bond acceptors (Lipinski definition) is 3. The molecule has 0 radical (unpaired) electrons. The Labute approximate surface area is 179 Å². The number of likely N-dealkylation sites (tertiary alicyclic amines) is 1. The topological polar surface area (TPSA) is 103 Å². The van der Waals surface area contributed by atoms with Crippen molar-refractivity contribution in [3.05, 3.63) is 24.3 Å². The lowest BCUT2D eigenvalue weighted by atomic mass is 9.97. The van der Waals surface area contributed by atoms with Crippen molar-refractivity contribution in [3.63, 3.8) is 0 Å². The molecule has 1 heterocycles. The zero-order valence-corrected chi connectivity index (χ0v) is 18.5. The molecular formula is C22H35N5O3. The van der Waals surface area contributed by atoms with Crippen LogP contribution in [0.15, 0.2) is 24.3 Å². The van der Waals surface area contributed by atoms with Crippen molar-refractivity contribution >= 4 is 29.3 Å². The van der Waals surface area contributed by atoms with Crippen LogP contribution in [0.3, 0.4) is 0 Å². The Kier molecular flexibility index (Phi) is 8.95. The summed E-state index contributed by atoms with van der Waals surface area (Å²) in [5, 5.41) is 11.4. The molecule has 1 atom stereocenters. The van der Waals surface area contributed by atoms with Crippen LogP contribution in [0.2, 0.25) is 0 Å². The lowest BCUT2D eigenvalue weighted by Crippen LogP contribution is -2.47. The Hall–Kier alpha value is -2.77. The number of urea groups is 2. The van der Waals surface area contributed by atoms with Gasteiger partial charge in [-0.1, -0.05) is 13.8 Å². The van der Waals surface area contributed by atoms with E-state index in [1.54, 1.807) is 29.2 Å². The highest BCUT2D eigenvalue weighted by Crippen LogP contribution is 2.19. The second kappa shape index (κ2) is 11.4. The van der Waals surface area contributed by atoms with E-state index in [1.165, 1.54) is 0 Å². The second-order valence-electron chi connectivity index (χ2n) is 8.52. The minimum Gasteiger partial charge on any atom is -0.354 e. The average molecular weight is 418 g/mol. The van der Waals surface area contributed by atoms with E-state index in [2.05, 4.69) is 35.1 Å². The number of hydrogen-bond donors (Lipinski definition) is 4. The van der Waals surface area contributed by atoms with E-state index in [0.717, 1.165) is 19.3 Å². The fourth-order valence-electron chi connectivity index (χ4n) is 3.27. The van der Waals surface area contributed by atoms with Crippen molar-refractivity contribution < 1.29 is 14.4 Å². The van der Waals surface area contributed by atoms with E-state index >= 15 is 0 Å². The van der Waals surface area contributed by atoms with Gasteiger partial charge in [-0.15, -0.1) is 0 Å². The minimum absolute atomic E-state index is 0.00426. The van der Waals surface area contributed by atoms with E-state index in [0.29, 0.717) is 36.9 Å². The summed E-state index contributed by atoms with van der Waals surface area (Å²) >= 11 is 0. The van der Waals surface area contributed by atoms with E-state index < -0.39 is 0 Å². The highest BCUT2D eigenvalue weighted by molar-refractivity contribution is 5.92. The molecular weight excluding hydrogens is 382 g/mol. The van der Waals surface area contributed by atoms with Crippen molar-refractivity contribution in [3.8, 4) is 0 Å². The Bertz CT molecular complexity index is 718. The summed E-state index contributed by atoms with van der Waals surface area (Å²) in [6.45, 7) is 9.75. The number of anilines is 2. The molecule has 2 rings (SSSR count). The van der Waals surface area contributed by atoms with Gasteiger partial charge in [-0.3, -0.25) is 4.79 Å². The molecule has 0 aliphatic carbocycles. The number of amides is 5. The van der Waals surface area contributed by atoms with Gasteiger partial charge in [0.25, 0.3) is 0 Å². The molecule has 0 aromatic heterocycles. The van der Waals surface area contributed by atoms with Gasteiger partial charge in [-0.25, -0.2) is 9.59 Å². The maximum absolute atomic E-state index is 12.6. The normalized spacial score (nSPS) is 16.3. The number of rotatable bonds is 7. The quantitative estimate of drug-likeness (QED) is 0.545. The Morgan fingerprint density at radius 2 is 1.67 bits per heavy atom. The maximum atomic E-state index is 12.6. The first-order valence-corrected chi connectivity index (χ1v) is 10.8. The smallest absolute Gasteiger partial charge is 0.321 e. The van der Waals surface area contributed by atoms with Crippen LogP contribution in [0.1, 0.15) is 47.0 Å². The Morgan fingerprint density at radius 1 is 1.03 bits per heavy atom. The van der Waals surface area contributed by atoms with Crippen LogP contribution < -0.4 is 21.3 Å². The molecule has 30 heavy (non-hydrogen) atoms. The van der Waals surface area contributed by atoms with Gasteiger partial charge in [-0.05, 0) is 63.3 Å². The standard InChI is InChI=1S/C22H35N5O3/c1-15(2)11-12-23-21(29)25-18-7-9-19(10-8-18)26-22(30)27-13-5-6-17(14-27)20(28)24-16(3)4/h7-10,15-17H,5-6,11-14H2,1-4H3,(H,24,28)(H,26,30)(H2,23,25,29). The summed E-state index contributed by atoms with van der Waals surface area (Å²) in [6, 6.07) is 6.60. The molecule has 1 aromatic carbocycles. The van der Waals surface area contributed by atoms with Crippen LogP contribution in [-0.4, -0.2) is 48.5 Å². The first kappa shape index (κ1) is 23.5. The zero-order chi connectivity index (χ0) is 22.1. The van der Waals surface area contributed by atoms with Crippen LogP contribution in [0.4, 0.5) is 21.0 Å². The lowest BCUT2D eigenvalue weighted by molar-refractivity contribution is -0.126. The lowest BCUT2D eigenvalue weighted by Gasteiger charge is -2.32. The molecule has 1 aromatic rings. The summed E-state index contributed by atoms with van der Waals surface area (Å²) < 4.78 is 0. The first-order chi connectivity index (χ1) is 14.2. The molecule has 1 aliphatic heterocycles. The van der Waals surface area contributed by atoms with E-state index in [4.69, 9.17) is 0 Å². The molecule has 8 nitrogen and oxygen atoms in total.